The molecule has 0 aromatic heterocycles. The van der Waals surface area contributed by atoms with Crippen LogP contribution in [-0.4, -0.2) is 77.2 Å². The van der Waals surface area contributed by atoms with Gasteiger partial charge in [-0.2, -0.15) is 0 Å². The molecule has 2 saturated heterocycles. The number of amides is 3. The van der Waals surface area contributed by atoms with Crippen LogP contribution in [0.5, 0.6) is 0 Å². The van der Waals surface area contributed by atoms with Crippen molar-refractivity contribution in [3.8, 4) is 0 Å². The van der Waals surface area contributed by atoms with Crippen LogP contribution in [0.1, 0.15) is 31.4 Å². The van der Waals surface area contributed by atoms with Gasteiger partial charge in [-0.15, -0.1) is 0 Å². The topological polar surface area (TPSA) is 125 Å². The van der Waals surface area contributed by atoms with Crippen LogP contribution < -0.4 is 10.2 Å². The van der Waals surface area contributed by atoms with Gasteiger partial charge in [0.1, 0.15) is 29.8 Å². The number of benzene rings is 2. The first-order valence-electron chi connectivity index (χ1n) is 14.9. The minimum absolute atomic E-state index is 0.0788. The number of hydrogen-bond acceptors (Lipinski definition) is 7. The fourth-order valence-electron chi connectivity index (χ4n) is 6.87. The Balaban J connectivity index is 1.53. The highest BCUT2D eigenvalue weighted by Gasteiger charge is 2.75. The highest BCUT2D eigenvalue weighted by molar-refractivity contribution is 9.11. The van der Waals surface area contributed by atoms with E-state index in [4.69, 9.17) is 21.1 Å². The third kappa shape index (κ3) is 5.49. The molecule has 2 fully saturated rings. The molecule has 10 nitrogen and oxygen atoms in total. The molecule has 0 radical (unpaired) electrons. The minimum atomic E-state index is -1.54. The number of anilines is 1. The Bertz CT molecular complexity index is 1570. The number of para-hydroxylation sites is 1. The summed E-state index contributed by atoms with van der Waals surface area (Å²) in [5.41, 5.74) is -0.509. The number of likely N-dealkylation sites (tertiary alicyclic amines) is 1. The molecule has 4 aliphatic rings. The summed E-state index contributed by atoms with van der Waals surface area (Å²) < 4.78 is 12.8. The summed E-state index contributed by atoms with van der Waals surface area (Å²) in [6.07, 6.45) is 4.38. The number of aliphatic hydroxyl groups is 1. The van der Waals surface area contributed by atoms with Crippen LogP contribution in [0.2, 0.25) is 5.02 Å². The largest absolute Gasteiger partial charge is 0.460 e. The second-order valence-corrected chi connectivity index (χ2v) is 13.0. The molecule has 5 bridgehead atoms. The number of carbonyl (C=O) groups is 4. The molecule has 4 aliphatic heterocycles. The lowest BCUT2D eigenvalue weighted by Gasteiger charge is -2.39. The van der Waals surface area contributed by atoms with Gasteiger partial charge in [0.25, 0.3) is 5.91 Å². The average molecular weight is 699 g/mol. The Labute approximate surface area is 274 Å². The van der Waals surface area contributed by atoms with Crippen LogP contribution in [0, 0.1) is 11.8 Å². The smallest absolute Gasteiger partial charge is 0.313 e. The molecule has 1 spiro atoms. The number of hydrogen-bond donors (Lipinski definition) is 2. The molecule has 7 atom stereocenters. The lowest BCUT2D eigenvalue weighted by Crippen LogP contribution is -2.57. The maximum absolute atomic E-state index is 15.0. The number of aliphatic hydroxyl groups excluding tert-OH is 1. The third-order valence-corrected chi connectivity index (χ3v) is 9.87. The third-order valence-electron chi connectivity index (χ3n) is 8.87. The van der Waals surface area contributed by atoms with Gasteiger partial charge in [-0.3, -0.25) is 19.2 Å². The molecule has 0 aliphatic carbocycles. The van der Waals surface area contributed by atoms with Crippen molar-refractivity contribution in [1.82, 2.24) is 10.2 Å². The van der Waals surface area contributed by atoms with Crippen molar-refractivity contribution in [3.63, 3.8) is 0 Å². The molecule has 12 heteroatoms. The van der Waals surface area contributed by atoms with Crippen LogP contribution in [0.4, 0.5) is 5.69 Å². The first-order chi connectivity index (χ1) is 21.7. The number of allylic oxidation sites excluding steroid dienone is 1. The first-order valence-corrected chi connectivity index (χ1v) is 16.1. The van der Waals surface area contributed by atoms with Gasteiger partial charge in [0.05, 0.1) is 35.8 Å². The maximum atomic E-state index is 15.0. The van der Waals surface area contributed by atoms with E-state index in [0.717, 1.165) is 0 Å². The summed E-state index contributed by atoms with van der Waals surface area (Å²) in [6.45, 7) is 1.36. The summed E-state index contributed by atoms with van der Waals surface area (Å²) in [5.74, 6) is -4.07. The van der Waals surface area contributed by atoms with Gasteiger partial charge in [0, 0.05) is 17.4 Å². The van der Waals surface area contributed by atoms with E-state index in [2.05, 4.69) is 21.2 Å². The molecular formula is C33H33BrClN3O7. The summed E-state index contributed by atoms with van der Waals surface area (Å²) in [5, 5.41) is 13.9. The van der Waals surface area contributed by atoms with Crippen molar-refractivity contribution in [1.29, 1.82) is 0 Å². The van der Waals surface area contributed by atoms with E-state index < -0.39 is 66.1 Å². The van der Waals surface area contributed by atoms with Crippen molar-refractivity contribution in [3.05, 3.63) is 87.9 Å². The van der Waals surface area contributed by atoms with Crippen LogP contribution in [0.15, 0.2) is 77.3 Å². The molecule has 0 saturated carbocycles. The highest BCUT2D eigenvalue weighted by Crippen LogP contribution is 2.60. The highest BCUT2D eigenvalue weighted by atomic mass is 79.9. The lowest BCUT2D eigenvalue weighted by molar-refractivity contribution is -0.159. The van der Waals surface area contributed by atoms with Gasteiger partial charge in [0.2, 0.25) is 11.8 Å². The SMILES string of the molecule is C[C@H]1CNC(=O)CC/C=C\CN(c2ccccc2Cl)C(=O)[C@H]2N([C@H](CO)c3ccccc3)C(=O)[C@@H]3[C@@H](C(=O)O1)[C@@H]1O[C@@]32C=C1Br. The van der Waals surface area contributed by atoms with E-state index in [-0.39, 0.29) is 25.4 Å². The van der Waals surface area contributed by atoms with Crippen LogP contribution in [-0.2, 0) is 28.7 Å². The maximum Gasteiger partial charge on any atom is 0.313 e. The molecular weight excluding hydrogens is 666 g/mol. The van der Waals surface area contributed by atoms with Gasteiger partial charge in [-0.05, 0) is 37.1 Å². The number of ether oxygens (including phenoxy) is 2. The number of carbonyl (C=O) groups excluding carboxylic acids is 4. The molecule has 4 heterocycles. The van der Waals surface area contributed by atoms with E-state index in [9.17, 15) is 19.5 Å². The van der Waals surface area contributed by atoms with Crippen molar-refractivity contribution in [2.24, 2.45) is 11.8 Å². The zero-order valence-corrected chi connectivity index (χ0v) is 26.8. The Hall–Kier alpha value is -3.51. The molecule has 0 unspecified atom stereocenters. The van der Waals surface area contributed by atoms with Gasteiger partial charge >= 0.3 is 5.97 Å². The number of nitrogens with one attached hydrogen (secondary N) is 1. The zero-order chi connectivity index (χ0) is 31.9. The number of rotatable bonds is 4. The average Bonchev–Trinajstić information content (AvgIpc) is 3.62. The summed E-state index contributed by atoms with van der Waals surface area (Å²) in [4.78, 5) is 58.8. The summed E-state index contributed by atoms with van der Waals surface area (Å²) in [7, 11) is 0. The molecule has 236 valence electrons. The van der Waals surface area contributed by atoms with Gasteiger partial charge < -0.3 is 29.7 Å². The molecule has 6 rings (SSSR count). The normalized spacial score (nSPS) is 31.7. The van der Waals surface area contributed by atoms with Crippen LogP contribution >= 0.6 is 27.5 Å². The number of fused-ring (bicyclic) bond motifs is 2. The van der Waals surface area contributed by atoms with E-state index >= 15 is 4.79 Å². The van der Waals surface area contributed by atoms with Crippen LogP contribution in [0.3, 0.4) is 0 Å². The predicted molar refractivity (Wildman–Crippen MR) is 169 cm³/mol. The first kappa shape index (κ1) is 31.5. The second-order valence-electron chi connectivity index (χ2n) is 11.6. The molecule has 45 heavy (non-hydrogen) atoms. The lowest BCUT2D eigenvalue weighted by atomic mass is 9.74. The number of cyclic esters (lactones) is 1. The summed E-state index contributed by atoms with van der Waals surface area (Å²) in [6, 6.07) is 13.7. The van der Waals surface area contributed by atoms with E-state index in [1.54, 1.807) is 67.6 Å². The zero-order valence-electron chi connectivity index (χ0n) is 24.5. The monoisotopic (exact) mass is 697 g/mol. The van der Waals surface area contributed by atoms with Gasteiger partial charge in [0.15, 0.2) is 0 Å². The van der Waals surface area contributed by atoms with Crippen molar-refractivity contribution in [2.75, 3.05) is 24.6 Å². The van der Waals surface area contributed by atoms with E-state index in [1.807, 2.05) is 12.1 Å². The summed E-state index contributed by atoms with van der Waals surface area (Å²) >= 11 is 10.2. The fourth-order valence-corrected chi connectivity index (χ4v) is 7.85. The fraction of sp³-hybridized carbons (Fsp3) is 0.394. The van der Waals surface area contributed by atoms with Crippen molar-refractivity contribution < 1.29 is 33.8 Å². The Morgan fingerprint density at radius 3 is 2.53 bits per heavy atom. The molecule has 2 aromatic carbocycles. The molecule has 2 N–H and O–H groups in total. The molecule has 3 amide bonds. The van der Waals surface area contributed by atoms with Crippen molar-refractivity contribution >= 4 is 56.9 Å². The standard InChI is InChI=1S/C33H33BrClN3O7/c1-19-17-36-25(40)14-6-3-9-15-37(23-13-8-7-12-22(23)35)31(42)29-33-16-21(34)28(45-33)26(32(43)44-19)27(33)30(41)38(29)24(18-39)20-10-4-2-5-11-20/h2-5,7-13,16,19,24,26-29,39H,6,14-15,17-18H2,1H3,(H,36,40)/b9-3-/t19-,24+,26+,27-,28+,29+,33-/m0/s1. The van der Waals surface area contributed by atoms with E-state index in [0.29, 0.717) is 27.2 Å². The van der Waals surface area contributed by atoms with Crippen LogP contribution in [0.25, 0.3) is 0 Å². The quantitative estimate of drug-likeness (QED) is 0.369. The number of nitrogens with zero attached hydrogens (tertiary/aromatic N) is 2. The minimum Gasteiger partial charge on any atom is -0.460 e. The van der Waals surface area contributed by atoms with Gasteiger partial charge in [-0.25, -0.2) is 0 Å². The molecule has 2 aromatic rings. The predicted octanol–water partition coefficient (Wildman–Crippen LogP) is 3.68. The number of esters is 1. The number of halogens is 2. The Morgan fingerprint density at radius 1 is 1.07 bits per heavy atom. The van der Waals surface area contributed by atoms with Crippen molar-refractivity contribution in [2.45, 2.75) is 49.7 Å². The van der Waals surface area contributed by atoms with Gasteiger partial charge in [-0.1, -0.05) is 82.1 Å². The Morgan fingerprint density at radius 2 is 1.80 bits per heavy atom. The van der Waals surface area contributed by atoms with E-state index in [1.165, 1.54) is 9.80 Å². The second kappa shape index (κ2) is 12.7. The Kier molecular flexibility index (Phi) is 8.89.